The predicted molar refractivity (Wildman–Crippen MR) is 82.5 cm³/mol. The number of halogens is 2. The van der Waals surface area contributed by atoms with Gasteiger partial charge in [0, 0.05) is 12.6 Å². The zero-order valence-corrected chi connectivity index (χ0v) is 12.6. The maximum absolute atomic E-state index is 13.4. The van der Waals surface area contributed by atoms with Crippen molar-refractivity contribution < 1.29 is 23.1 Å². The largest absolute Gasteiger partial charge is 0.482 e. The van der Waals surface area contributed by atoms with Crippen LogP contribution in [0.5, 0.6) is 5.75 Å². The second kappa shape index (κ2) is 6.66. The van der Waals surface area contributed by atoms with Crippen LogP contribution in [0.1, 0.15) is 5.56 Å². The minimum atomic E-state index is -0.524. The first kappa shape index (κ1) is 15.9. The molecule has 7 heteroatoms. The Hall–Kier alpha value is -2.96. The molecular weight excluding hydrogens is 318 g/mol. The fourth-order valence-electron chi connectivity index (χ4n) is 2.35. The number of hydrogen-bond acceptors (Lipinski definition) is 3. The SMILES string of the molecule is O=C(CN1C(=O)COc2ccc(F)cc21)NCc1ccc(F)cc1. The van der Waals surface area contributed by atoms with Crippen molar-refractivity contribution in [1.29, 1.82) is 0 Å². The van der Waals surface area contributed by atoms with Crippen molar-refractivity contribution in [2.75, 3.05) is 18.1 Å². The van der Waals surface area contributed by atoms with Crippen molar-refractivity contribution in [2.24, 2.45) is 0 Å². The van der Waals surface area contributed by atoms with Gasteiger partial charge in [0.15, 0.2) is 6.61 Å². The third-order valence-corrected chi connectivity index (χ3v) is 3.57. The highest BCUT2D eigenvalue weighted by Gasteiger charge is 2.27. The fourth-order valence-corrected chi connectivity index (χ4v) is 2.35. The number of benzene rings is 2. The number of ether oxygens (including phenoxy) is 1. The minimum Gasteiger partial charge on any atom is -0.482 e. The molecule has 0 saturated carbocycles. The van der Waals surface area contributed by atoms with Crippen LogP contribution in [0.2, 0.25) is 0 Å². The highest BCUT2D eigenvalue weighted by Crippen LogP contribution is 2.32. The van der Waals surface area contributed by atoms with Gasteiger partial charge in [0.25, 0.3) is 5.91 Å². The van der Waals surface area contributed by atoms with Gasteiger partial charge in [-0.25, -0.2) is 8.78 Å². The molecule has 1 N–H and O–H groups in total. The summed E-state index contributed by atoms with van der Waals surface area (Å²) in [6.07, 6.45) is 0. The Bertz CT molecular complexity index is 778. The van der Waals surface area contributed by atoms with Gasteiger partial charge >= 0.3 is 0 Å². The molecule has 0 atom stereocenters. The lowest BCUT2D eigenvalue weighted by atomic mass is 10.2. The number of anilines is 1. The molecule has 1 aliphatic rings. The number of carbonyl (C=O) groups excluding carboxylic acids is 2. The molecule has 1 aliphatic heterocycles. The number of hydrogen-bond donors (Lipinski definition) is 1. The molecule has 124 valence electrons. The molecular formula is C17H14F2N2O3. The Morgan fingerprint density at radius 3 is 2.58 bits per heavy atom. The Balaban J connectivity index is 1.66. The van der Waals surface area contributed by atoms with Crippen molar-refractivity contribution in [2.45, 2.75) is 6.54 Å². The highest BCUT2D eigenvalue weighted by molar-refractivity contribution is 6.02. The zero-order valence-electron chi connectivity index (χ0n) is 12.6. The molecule has 1 heterocycles. The lowest BCUT2D eigenvalue weighted by Crippen LogP contribution is -2.45. The van der Waals surface area contributed by atoms with E-state index in [0.717, 1.165) is 11.6 Å². The van der Waals surface area contributed by atoms with Gasteiger partial charge in [-0.2, -0.15) is 0 Å². The van der Waals surface area contributed by atoms with E-state index >= 15 is 0 Å². The Labute approximate surface area is 136 Å². The first-order chi connectivity index (χ1) is 11.5. The monoisotopic (exact) mass is 332 g/mol. The van der Waals surface area contributed by atoms with Gasteiger partial charge in [-0.1, -0.05) is 12.1 Å². The van der Waals surface area contributed by atoms with Crippen LogP contribution < -0.4 is 15.0 Å². The van der Waals surface area contributed by atoms with E-state index in [1.54, 1.807) is 12.1 Å². The maximum Gasteiger partial charge on any atom is 0.265 e. The summed E-state index contributed by atoms with van der Waals surface area (Å²) in [6.45, 7) is -0.253. The van der Waals surface area contributed by atoms with Crippen LogP contribution in [0.3, 0.4) is 0 Å². The third kappa shape index (κ3) is 3.51. The van der Waals surface area contributed by atoms with Crippen LogP contribution in [0.25, 0.3) is 0 Å². The summed E-state index contributed by atoms with van der Waals surface area (Å²) < 4.78 is 31.5. The molecule has 0 saturated heterocycles. The number of carbonyl (C=O) groups is 2. The molecule has 0 radical (unpaired) electrons. The molecule has 0 bridgehead atoms. The molecule has 2 aromatic rings. The van der Waals surface area contributed by atoms with E-state index in [1.165, 1.54) is 29.2 Å². The first-order valence-corrected chi connectivity index (χ1v) is 7.27. The normalized spacial score (nSPS) is 13.2. The summed E-state index contributed by atoms with van der Waals surface area (Å²) in [6, 6.07) is 9.50. The molecule has 0 aromatic heterocycles. The van der Waals surface area contributed by atoms with Crippen molar-refractivity contribution in [3.8, 4) is 5.75 Å². The molecule has 5 nitrogen and oxygen atoms in total. The number of nitrogens with zero attached hydrogens (tertiary/aromatic N) is 1. The summed E-state index contributed by atoms with van der Waals surface area (Å²) in [7, 11) is 0. The Morgan fingerprint density at radius 2 is 1.83 bits per heavy atom. The Morgan fingerprint density at radius 1 is 1.12 bits per heavy atom. The topological polar surface area (TPSA) is 58.6 Å². The molecule has 24 heavy (non-hydrogen) atoms. The average Bonchev–Trinajstić information content (AvgIpc) is 2.57. The van der Waals surface area contributed by atoms with E-state index in [9.17, 15) is 18.4 Å². The second-order valence-corrected chi connectivity index (χ2v) is 5.28. The first-order valence-electron chi connectivity index (χ1n) is 7.27. The minimum absolute atomic E-state index is 0.202. The van der Waals surface area contributed by atoms with Crippen LogP contribution in [0.4, 0.5) is 14.5 Å². The highest BCUT2D eigenvalue weighted by atomic mass is 19.1. The molecule has 0 fully saturated rings. The number of nitrogens with one attached hydrogen (secondary N) is 1. The van der Waals surface area contributed by atoms with Crippen molar-refractivity contribution in [3.63, 3.8) is 0 Å². The van der Waals surface area contributed by atoms with Crippen molar-refractivity contribution >= 4 is 17.5 Å². The van der Waals surface area contributed by atoms with Gasteiger partial charge in [-0.3, -0.25) is 14.5 Å². The number of fused-ring (bicyclic) bond motifs is 1. The summed E-state index contributed by atoms with van der Waals surface area (Å²) in [5.74, 6) is -1.37. The quantitative estimate of drug-likeness (QED) is 0.932. The maximum atomic E-state index is 13.4. The van der Waals surface area contributed by atoms with Crippen LogP contribution in [-0.2, 0) is 16.1 Å². The fraction of sp³-hybridized carbons (Fsp3) is 0.176. The van der Waals surface area contributed by atoms with Crippen LogP contribution >= 0.6 is 0 Å². The van der Waals surface area contributed by atoms with E-state index in [4.69, 9.17) is 4.74 Å². The molecule has 2 aromatic carbocycles. The second-order valence-electron chi connectivity index (χ2n) is 5.28. The van der Waals surface area contributed by atoms with Crippen LogP contribution in [0.15, 0.2) is 42.5 Å². The summed E-state index contributed by atoms with van der Waals surface area (Å²) in [5.41, 5.74) is 0.952. The van der Waals surface area contributed by atoms with E-state index in [1.807, 2.05) is 0 Å². The van der Waals surface area contributed by atoms with E-state index in [-0.39, 0.29) is 31.2 Å². The third-order valence-electron chi connectivity index (χ3n) is 3.57. The molecule has 2 amide bonds. The lowest BCUT2D eigenvalue weighted by Gasteiger charge is -2.28. The molecule has 0 unspecified atom stereocenters. The predicted octanol–water partition coefficient (Wildman–Crippen LogP) is 2.01. The number of amides is 2. The molecule has 3 rings (SSSR count). The smallest absolute Gasteiger partial charge is 0.265 e. The van der Waals surface area contributed by atoms with E-state index < -0.39 is 17.6 Å². The summed E-state index contributed by atoms with van der Waals surface area (Å²) in [4.78, 5) is 25.2. The van der Waals surface area contributed by atoms with Gasteiger partial charge in [-0.15, -0.1) is 0 Å². The Kier molecular flexibility index (Phi) is 4.41. The summed E-state index contributed by atoms with van der Waals surface area (Å²) >= 11 is 0. The van der Waals surface area contributed by atoms with Gasteiger partial charge in [0.05, 0.1) is 5.69 Å². The van der Waals surface area contributed by atoms with Gasteiger partial charge in [0.1, 0.15) is 23.9 Å². The van der Waals surface area contributed by atoms with E-state index in [2.05, 4.69) is 5.32 Å². The van der Waals surface area contributed by atoms with Crippen LogP contribution in [-0.4, -0.2) is 25.0 Å². The summed E-state index contributed by atoms with van der Waals surface area (Å²) in [5, 5.41) is 2.64. The zero-order chi connectivity index (χ0) is 17.1. The van der Waals surface area contributed by atoms with Crippen molar-refractivity contribution in [3.05, 3.63) is 59.7 Å². The van der Waals surface area contributed by atoms with Crippen molar-refractivity contribution in [1.82, 2.24) is 5.32 Å². The van der Waals surface area contributed by atoms with Crippen LogP contribution in [0, 0.1) is 11.6 Å². The van der Waals surface area contributed by atoms with Gasteiger partial charge in [-0.05, 0) is 29.8 Å². The van der Waals surface area contributed by atoms with Gasteiger partial charge in [0.2, 0.25) is 5.91 Å². The van der Waals surface area contributed by atoms with E-state index in [0.29, 0.717) is 5.75 Å². The molecule has 0 spiro atoms. The number of rotatable bonds is 4. The molecule has 0 aliphatic carbocycles. The average molecular weight is 332 g/mol. The van der Waals surface area contributed by atoms with Gasteiger partial charge < -0.3 is 10.1 Å². The standard InChI is InChI=1S/C17H14F2N2O3/c18-12-3-1-11(2-4-12)8-20-16(22)9-21-14-7-13(19)5-6-15(14)24-10-17(21)23/h1-7H,8-10H2,(H,20,22). The lowest BCUT2D eigenvalue weighted by molar-refractivity contribution is -0.125.